The molecule has 0 radical (unpaired) electrons. The van der Waals surface area contributed by atoms with Crippen LogP contribution in [0.4, 0.5) is 0 Å². The van der Waals surface area contributed by atoms with Gasteiger partial charge in [0.1, 0.15) is 12.6 Å². The summed E-state index contributed by atoms with van der Waals surface area (Å²) in [7, 11) is -4.00. The van der Waals surface area contributed by atoms with Gasteiger partial charge in [0.25, 0.3) is 21.9 Å². The number of likely N-dealkylation sites (tertiary alicyclic amines) is 1. The molecule has 1 unspecified atom stereocenters. The van der Waals surface area contributed by atoms with E-state index in [9.17, 15) is 32.4 Å². The Balaban J connectivity index is 1.62. The molecule has 0 spiro atoms. The number of carbonyl (C=O) groups is 5. The molecular weight excluding hydrogens is 492 g/mol. The molecule has 2 aliphatic rings. The highest BCUT2D eigenvalue weighted by molar-refractivity contribution is 7.85. The van der Waals surface area contributed by atoms with Gasteiger partial charge in [-0.05, 0) is 24.6 Å². The summed E-state index contributed by atoms with van der Waals surface area (Å²) in [5.41, 5.74) is 0.813. The molecule has 1 fully saturated rings. The van der Waals surface area contributed by atoms with Crippen molar-refractivity contribution in [3.8, 4) is 0 Å². The van der Waals surface area contributed by atoms with Gasteiger partial charge < -0.3 is 9.64 Å². The van der Waals surface area contributed by atoms with E-state index in [1.165, 1.54) is 12.1 Å². The average molecular weight is 515 g/mol. The van der Waals surface area contributed by atoms with Crippen LogP contribution in [0.15, 0.2) is 54.6 Å². The van der Waals surface area contributed by atoms with Crippen LogP contribution >= 0.6 is 0 Å². The Hall–Kier alpha value is -3.90. The summed E-state index contributed by atoms with van der Waals surface area (Å²) in [4.78, 5) is 66.0. The van der Waals surface area contributed by atoms with E-state index in [4.69, 9.17) is 8.92 Å². The van der Waals surface area contributed by atoms with Crippen LogP contribution in [0.5, 0.6) is 0 Å². The Morgan fingerprint density at radius 3 is 2.03 bits per heavy atom. The Labute approximate surface area is 206 Å². The Morgan fingerprint density at radius 1 is 0.944 bits per heavy atom. The number of ether oxygens (including phenoxy) is 1. The smallest absolute Gasteiger partial charge is 0.337 e. The standard InChI is InChI=1S/C24H22N2O9S/c1-14(27)19(24(31)34-12-15-8-4-3-5-9-15)25-18(13-35-36(2,32)33)20(23(25)30)26-21(28)16-10-6-7-11-17(16)22(26)29/h3-11,18-20H,12-13H2,1-2H3/t18-,19?,20+/m1/s1. The zero-order chi connectivity index (χ0) is 26.2. The summed E-state index contributed by atoms with van der Waals surface area (Å²) in [6.07, 6.45) is 0.783. The molecule has 0 N–H and O–H groups in total. The summed E-state index contributed by atoms with van der Waals surface area (Å²) in [6, 6.07) is 10.1. The number of imide groups is 1. The molecular formula is C24H22N2O9S. The number of benzene rings is 2. The third-order valence-electron chi connectivity index (χ3n) is 5.90. The number of ketones is 1. The summed E-state index contributed by atoms with van der Waals surface area (Å²) in [6.45, 7) is 0.224. The van der Waals surface area contributed by atoms with Gasteiger partial charge in [0.15, 0.2) is 11.8 Å². The molecule has 0 aromatic heterocycles. The fourth-order valence-corrected chi connectivity index (χ4v) is 4.65. The molecule has 12 heteroatoms. The predicted molar refractivity (Wildman–Crippen MR) is 123 cm³/mol. The van der Waals surface area contributed by atoms with Crippen molar-refractivity contribution in [2.45, 2.75) is 31.7 Å². The molecule has 2 aromatic carbocycles. The quantitative estimate of drug-likeness (QED) is 0.154. The number of nitrogens with zero attached hydrogens (tertiary/aromatic N) is 2. The highest BCUT2D eigenvalue weighted by atomic mass is 32.2. The zero-order valence-corrected chi connectivity index (χ0v) is 20.1. The zero-order valence-electron chi connectivity index (χ0n) is 19.3. The van der Waals surface area contributed by atoms with Gasteiger partial charge in [-0.25, -0.2) is 4.79 Å². The van der Waals surface area contributed by atoms with Gasteiger partial charge in [-0.1, -0.05) is 42.5 Å². The van der Waals surface area contributed by atoms with E-state index < -0.39 is 64.3 Å². The minimum atomic E-state index is -4.00. The third-order valence-corrected chi connectivity index (χ3v) is 6.46. The first kappa shape index (κ1) is 25.2. The number of rotatable bonds is 9. The van der Waals surface area contributed by atoms with E-state index in [2.05, 4.69) is 0 Å². The van der Waals surface area contributed by atoms with Crippen molar-refractivity contribution in [1.82, 2.24) is 9.80 Å². The van der Waals surface area contributed by atoms with Crippen LogP contribution in [0.2, 0.25) is 0 Å². The summed E-state index contributed by atoms with van der Waals surface area (Å²) < 4.78 is 33.4. The van der Waals surface area contributed by atoms with Crippen molar-refractivity contribution in [3.05, 3.63) is 71.3 Å². The molecule has 4 rings (SSSR count). The van der Waals surface area contributed by atoms with Crippen LogP contribution in [0.1, 0.15) is 33.2 Å². The van der Waals surface area contributed by atoms with Crippen molar-refractivity contribution in [2.75, 3.05) is 12.9 Å². The molecule has 3 amide bonds. The van der Waals surface area contributed by atoms with E-state index in [0.717, 1.165) is 18.1 Å². The lowest BCUT2D eigenvalue weighted by Gasteiger charge is -2.50. The highest BCUT2D eigenvalue weighted by Crippen LogP contribution is 2.35. The van der Waals surface area contributed by atoms with E-state index in [1.54, 1.807) is 42.5 Å². The second-order valence-corrected chi connectivity index (χ2v) is 10.0. The second-order valence-electron chi connectivity index (χ2n) is 8.38. The highest BCUT2D eigenvalue weighted by Gasteiger charge is 2.60. The summed E-state index contributed by atoms with van der Waals surface area (Å²) in [5.74, 6) is -4.16. The van der Waals surface area contributed by atoms with Gasteiger partial charge >= 0.3 is 5.97 Å². The fourth-order valence-electron chi connectivity index (χ4n) is 4.26. The van der Waals surface area contributed by atoms with Gasteiger partial charge in [-0.15, -0.1) is 0 Å². The Morgan fingerprint density at radius 2 is 1.50 bits per heavy atom. The normalized spacial score (nSPS) is 20.1. The van der Waals surface area contributed by atoms with Gasteiger partial charge in [0.2, 0.25) is 5.91 Å². The van der Waals surface area contributed by atoms with Gasteiger partial charge in [-0.2, -0.15) is 8.42 Å². The van der Waals surface area contributed by atoms with Crippen molar-refractivity contribution in [3.63, 3.8) is 0 Å². The van der Waals surface area contributed by atoms with Crippen molar-refractivity contribution >= 4 is 39.6 Å². The second kappa shape index (κ2) is 9.63. The molecule has 2 aromatic rings. The minimum Gasteiger partial charge on any atom is -0.459 e. The Kier molecular flexibility index (Phi) is 6.74. The lowest BCUT2D eigenvalue weighted by atomic mass is 9.90. The molecule has 2 heterocycles. The van der Waals surface area contributed by atoms with Crippen LogP contribution in [-0.4, -0.2) is 78.7 Å². The molecule has 0 bridgehead atoms. The maximum Gasteiger partial charge on any atom is 0.337 e. The fraction of sp³-hybridized carbons (Fsp3) is 0.292. The van der Waals surface area contributed by atoms with Crippen LogP contribution in [0.3, 0.4) is 0 Å². The maximum atomic E-state index is 13.3. The monoisotopic (exact) mass is 514 g/mol. The molecule has 0 aliphatic carbocycles. The third kappa shape index (κ3) is 4.64. The SMILES string of the molecule is CC(=O)C(C(=O)OCc1ccccc1)N1C(=O)[C@@H](N2C(=O)c3ccccc3C2=O)[C@H]1COS(C)(=O)=O. The number of Topliss-reactive ketones (excluding diaryl/α,β-unsaturated/α-hetero) is 1. The summed E-state index contributed by atoms with van der Waals surface area (Å²) in [5, 5.41) is 0. The first-order chi connectivity index (χ1) is 17.0. The van der Waals surface area contributed by atoms with E-state index >= 15 is 0 Å². The molecule has 188 valence electrons. The largest absolute Gasteiger partial charge is 0.459 e. The molecule has 36 heavy (non-hydrogen) atoms. The van der Waals surface area contributed by atoms with E-state index in [0.29, 0.717) is 10.5 Å². The van der Waals surface area contributed by atoms with Crippen molar-refractivity contribution in [2.24, 2.45) is 0 Å². The number of hydrogen-bond donors (Lipinski definition) is 0. The van der Waals surface area contributed by atoms with Crippen LogP contribution in [0.25, 0.3) is 0 Å². The predicted octanol–water partition coefficient (Wildman–Crippen LogP) is 0.539. The number of fused-ring (bicyclic) bond motifs is 1. The van der Waals surface area contributed by atoms with E-state index in [1.807, 2.05) is 0 Å². The van der Waals surface area contributed by atoms with E-state index in [-0.39, 0.29) is 17.7 Å². The first-order valence-corrected chi connectivity index (χ1v) is 12.7. The lowest BCUT2D eigenvalue weighted by Crippen LogP contribution is -2.76. The van der Waals surface area contributed by atoms with Crippen LogP contribution < -0.4 is 0 Å². The average Bonchev–Trinajstić information content (AvgIpc) is 3.08. The molecule has 11 nitrogen and oxygen atoms in total. The lowest BCUT2D eigenvalue weighted by molar-refractivity contribution is -0.176. The molecule has 1 saturated heterocycles. The van der Waals surface area contributed by atoms with Crippen LogP contribution in [0, 0.1) is 0 Å². The number of carbonyl (C=O) groups excluding carboxylic acids is 5. The molecule has 3 atom stereocenters. The molecule has 0 saturated carbocycles. The first-order valence-electron chi connectivity index (χ1n) is 10.9. The minimum absolute atomic E-state index is 0.0851. The molecule has 2 aliphatic heterocycles. The van der Waals surface area contributed by atoms with Crippen molar-refractivity contribution < 1.29 is 41.3 Å². The van der Waals surface area contributed by atoms with Crippen molar-refractivity contribution in [1.29, 1.82) is 0 Å². The summed E-state index contributed by atoms with van der Waals surface area (Å²) >= 11 is 0. The van der Waals surface area contributed by atoms with Gasteiger partial charge in [0.05, 0.1) is 30.0 Å². The number of hydrogen-bond acceptors (Lipinski definition) is 9. The Bertz CT molecular complexity index is 1320. The number of amides is 3. The maximum absolute atomic E-state index is 13.3. The van der Waals surface area contributed by atoms with Crippen LogP contribution in [-0.2, 0) is 40.0 Å². The number of β-lactam (4-membered cyclic amide) rings is 1. The van der Waals surface area contributed by atoms with Gasteiger partial charge in [0, 0.05) is 0 Å². The van der Waals surface area contributed by atoms with Gasteiger partial charge in [-0.3, -0.25) is 28.3 Å². The topological polar surface area (TPSA) is 144 Å². The number of esters is 1.